The number of aliphatic carboxylic acids is 1. The van der Waals surface area contributed by atoms with Crippen LogP contribution in [-0.4, -0.2) is 21.8 Å². The van der Waals surface area contributed by atoms with Crippen LogP contribution in [0.4, 0.5) is 5.69 Å². The Bertz CT molecular complexity index is 345. The lowest BCUT2D eigenvalue weighted by Gasteiger charge is -2.03. The van der Waals surface area contributed by atoms with Gasteiger partial charge >= 0.3 is 5.97 Å². The molecule has 0 aliphatic rings. The fraction of sp³-hybridized carbons (Fsp3) is 0.455. The number of carboxylic acid groups (broad SMARTS) is 1. The molecule has 1 aromatic rings. The normalized spacial score (nSPS) is 10.2. The predicted octanol–water partition coefficient (Wildman–Crippen LogP) is 2.40. The molecule has 0 radical (unpaired) electrons. The van der Waals surface area contributed by atoms with Crippen molar-refractivity contribution in [2.24, 2.45) is 0 Å². The molecule has 0 fully saturated rings. The second-order valence-electron chi connectivity index (χ2n) is 3.45. The number of nitrogens with zero attached hydrogens (tertiary/aromatic N) is 1. The van der Waals surface area contributed by atoms with E-state index in [1.165, 1.54) is 0 Å². The number of rotatable bonds is 7. The van der Waals surface area contributed by atoms with Crippen LogP contribution in [0.15, 0.2) is 23.4 Å². The minimum Gasteiger partial charge on any atom is -0.481 e. The molecule has 3 N–H and O–H groups in total. The van der Waals surface area contributed by atoms with Gasteiger partial charge < -0.3 is 10.8 Å². The van der Waals surface area contributed by atoms with E-state index in [1.807, 2.05) is 12.1 Å². The maximum atomic E-state index is 10.3. The van der Waals surface area contributed by atoms with E-state index in [9.17, 15) is 4.79 Å². The lowest BCUT2D eigenvalue weighted by atomic mass is 10.2. The zero-order chi connectivity index (χ0) is 11.8. The Balaban J connectivity index is 2.12. The summed E-state index contributed by atoms with van der Waals surface area (Å²) in [5.41, 5.74) is 6.45. The standard InChI is InChI=1S/C11H16N2O2S/c12-9-5-4-7-13-11(9)16-8-3-1-2-6-10(14)15/h4-5,7H,1-3,6,8,12H2,(H,14,15). The number of hydrogen-bond acceptors (Lipinski definition) is 4. The van der Waals surface area contributed by atoms with E-state index in [0.717, 1.165) is 30.0 Å². The Kier molecular flexibility index (Phi) is 5.71. The number of carboxylic acids is 1. The van der Waals surface area contributed by atoms with Gasteiger partial charge in [-0.15, -0.1) is 11.8 Å². The number of hydrogen-bond donors (Lipinski definition) is 2. The quantitative estimate of drug-likeness (QED) is 0.565. The van der Waals surface area contributed by atoms with Gasteiger partial charge in [0.25, 0.3) is 0 Å². The van der Waals surface area contributed by atoms with Gasteiger partial charge in [-0.05, 0) is 30.7 Å². The van der Waals surface area contributed by atoms with E-state index in [2.05, 4.69) is 4.98 Å². The number of anilines is 1. The number of aromatic nitrogens is 1. The van der Waals surface area contributed by atoms with Crippen LogP contribution in [0.25, 0.3) is 0 Å². The molecule has 0 aromatic carbocycles. The Labute approximate surface area is 99.3 Å². The van der Waals surface area contributed by atoms with Crippen LogP contribution in [0.3, 0.4) is 0 Å². The second kappa shape index (κ2) is 7.11. The van der Waals surface area contributed by atoms with E-state index >= 15 is 0 Å². The molecule has 5 heteroatoms. The topological polar surface area (TPSA) is 76.2 Å². The summed E-state index contributed by atoms with van der Waals surface area (Å²) >= 11 is 1.62. The molecule has 0 bridgehead atoms. The molecule has 1 aromatic heterocycles. The van der Waals surface area contributed by atoms with Gasteiger partial charge in [0, 0.05) is 12.6 Å². The molecule has 0 aliphatic heterocycles. The minimum absolute atomic E-state index is 0.260. The van der Waals surface area contributed by atoms with Gasteiger partial charge in [-0.2, -0.15) is 0 Å². The number of carbonyl (C=O) groups is 1. The summed E-state index contributed by atoms with van der Waals surface area (Å²) in [5.74, 6) is 0.211. The fourth-order valence-electron chi connectivity index (χ4n) is 1.25. The molecule has 0 amide bonds. The van der Waals surface area contributed by atoms with Crippen LogP contribution in [-0.2, 0) is 4.79 Å². The summed E-state index contributed by atoms with van der Waals surface area (Å²) < 4.78 is 0. The van der Waals surface area contributed by atoms with Gasteiger partial charge in [0.1, 0.15) is 5.03 Å². The third-order valence-corrected chi connectivity index (χ3v) is 3.18. The molecule has 1 heterocycles. The van der Waals surface area contributed by atoms with Crippen LogP contribution < -0.4 is 5.73 Å². The summed E-state index contributed by atoms with van der Waals surface area (Å²) in [5, 5.41) is 9.31. The summed E-state index contributed by atoms with van der Waals surface area (Å²) in [6, 6.07) is 3.64. The molecule has 16 heavy (non-hydrogen) atoms. The average molecular weight is 240 g/mol. The van der Waals surface area contributed by atoms with Gasteiger partial charge in [0.2, 0.25) is 0 Å². The molecule has 1 rings (SSSR count). The van der Waals surface area contributed by atoms with E-state index in [1.54, 1.807) is 18.0 Å². The fourth-order valence-corrected chi connectivity index (χ4v) is 2.16. The molecule has 0 saturated carbocycles. The van der Waals surface area contributed by atoms with Crippen LogP contribution in [0.5, 0.6) is 0 Å². The Hall–Kier alpha value is -1.23. The first-order valence-electron chi connectivity index (χ1n) is 5.25. The van der Waals surface area contributed by atoms with Crippen molar-refractivity contribution in [3.05, 3.63) is 18.3 Å². The number of thioether (sulfide) groups is 1. The van der Waals surface area contributed by atoms with Gasteiger partial charge in [-0.1, -0.05) is 6.42 Å². The number of pyridine rings is 1. The lowest BCUT2D eigenvalue weighted by molar-refractivity contribution is -0.137. The second-order valence-corrected chi connectivity index (χ2v) is 4.53. The average Bonchev–Trinajstić information content (AvgIpc) is 2.25. The smallest absolute Gasteiger partial charge is 0.303 e. The van der Waals surface area contributed by atoms with Crippen molar-refractivity contribution in [1.82, 2.24) is 4.98 Å². The first-order chi connectivity index (χ1) is 7.70. The van der Waals surface area contributed by atoms with Crippen LogP contribution in [0.2, 0.25) is 0 Å². The highest BCUT2D eigenvalue weighted by Crippen LogP contribution is 2.22. The SMILES string of the molecule is Nc1cccnc1SCCCCCC(=O)O. The molecule has 4 nitrogen and oxygen atoms in total. The number of nitrogen functional groups attached to an aromatic ring is 1. The third kappa shape index (κ3) is 5.02. The van der Waals surface area contributed by atoms with Crippen molar-refractivity contribution >= 4 is 23.4 Å². The van der Waals surface area contributed by atoms with Crippen molar-refractivity contribution in [3.63, 3.8) is 0 Å². The molecule has 0 aliphatic carbocycles. The van der Waals surface area contributed by atoms with Crippen molar-refractivity contribution in [1.29, 1.82) is 0 Å². The van der Waals surface area contributed by atoms with E-state index in [-0.39, 0.29) is 6.42 Å². The predicted molar refractivity (Wildman–Crippen MR) is 65.5 cm³/mol. The molecule has 0 unspecified atom stereocenters. The molecule has 0 atom stereocenters. The lowest BCUT2D eigenvalue weighted by Crippen LogP contribution is -1.94. The third-order valence-electron chi connectivity index (χ3n) is 2.07. The zero-order valence-electron chi connectivity index (χ0n) is 9.06. The molecular weight excluding hydrogens is 224 g/mol. The Morgan fingerprint density at radius 3 is 2.94 bits per heavy atom. The van der Waals surface area contributed by atoms with Gasteiger partial charge in [-0.3, -0.25) is 4.79 Å². The molecule has 0 spiro atoms. The maximum absolute atomic E-state index is 10.3. The monoisotopic (exact) mass is 240 g/mol. The van der Waals surface area contributed by atoms with Crippen molar-refractivity contribution in [2.75, 3.05) is 11.5 Å². The highest BCUT2D eigenvalue weighted by molar-refractivity contribution is 7.99. The number of nitrogens with two attached hydrogens (primary N) is 1. The minimum atomic E-state index is -0.721. The van der Waals surface area contributed by atoms with Gasteiger partial charge in [0.05, 0.1) is 5.69 Å². The maximum Gasteiger partial charge on any atom is 0.303 e. The number of unbranched alkanes of at least 4 members (excludes halogenated alkanes) is 2. The van der Waals surface area contributed by atoms with Crippen LogP contribution >= 0.6 is 11.8 Å². The first kappa shape index (κ1) is 12.8. The van der Waals surface area contributed by atoms with E-state index in [0.29, 0.717) is 5.69 Å². The molecule has 88 valence electrons. The summed E-state index contributed by atoms with van der Waals surface area (Å²) in [6.45, 7) is 0. The zero-order valence-corrected chi connectivity index (χ0v) is 9.87. The Morgan fingerprint density at radius 1 is 1.44 bits per heavy atom. The van der Waals surface area contributed by atoms with E-state index in [4.69, 9.17) is 10.8 Å². The van der Waals surface area contributed by atoms with Crippen molar-refractivity contribution < 1.29 is 9.90 Å². The summed E-state index contributed by atoms with van der Waals surface area (Å²) in [4.78, 5) is 14.4. The Morgan fingerprint density at radius 2 is 2.25 bits per heavy atom. The highest BCUT2D eigenvalue weighted by atomic mass is 32.2. The van der Waals surface area contributed by atoms with Crippen LogP contribution in [0.1, 0.15) is 25.7 Å². The largest absolute Gasteiger partial charge is 0.481 e. The highest BCUT2D eigenvalue weighted by Gasteiger charge is 2.00. The van der Waals surface area contributed by atoms with Crippen LogP contribution in [0, 0.1) is 0 Å². The van der Waals surface area contributed by atoms with Crippen molar-refractivity contribution in [2.45, 2.75) is 30.7 Å². The molecule has 0 saturated heterocycles. The van der Waals surface area contributed by atoms with Crippen molar-refractivity contribution in [3.8, 4) is 0 Å². The van der Waals surface area contributed by atoms with Gasteiger partial charge in [0.15, 0.2) is 0 Å². The summed E-state index contributed by atoms with van der Waals surface area (Å²) in [7, 11) is 0. The molecular formula is C11H16N2O2S. The first-order valence-corrected chi connectivity index (χ1v) is 6.24. The summed E-state index contributed by atoms with van der Waals surface area (Å²) in [6.07, 6.45) is 4.66. The van der Waals surface area contributed by atoms with Gasteiger partial charge in [-0.25, -0.2) is 4.98 Å². The van der Waals surface area contributed by atoms with E-state index < -0.39 is 5.97 Å².